The Kier molecular flexibility index (Phi) is 8.70. The molecule has 1 aliphatic heterocycles. The van der Waals surface area contributed by atoms with E-state index in [0.717, 1.165) is 17.1 Å². The number of hydrazine groups is 1. The summed E-state index contributed by atoms with van der Waals surface area (Å²) in [5.41, 5.74) is -1.26. The molecule has 0 aromatic heterocycles. The Balaban J connectivity index is 1.61. The summed E-state index contributed by atoms with van der Waals surface area (Å²) >= 11 is 0. The molecule has 16 nitrogen and oxygen atoms in total. The van der Waals surface area contributed by atoms with E-state index in [1.54, 1.807) is 19.1 Å². The van der Waals surface area contributed by atoms with Crippen LogP contribution in [0.5, 0.6) is 11.5 Å². The number of non-ortho nitro benzene ring substituents is 1. The zero-order valence-corrected chi connectivity index (χ0v) is 19.9. The number of esters is 2. The highest BCUT2D eigenvalue weighted by Gasteiger charge is 2.38. The maximum Gasteiger partial charge on any atom is 0.344 e. The van der Waals surface area contributed by atoms with E-state index in [1.807, 2.05) is 0 Å². The number of nitro benzene ring substituents is 2. The number of nitrogens with zero attached hydrogens (tertiary/aromatic N) is 5. The van der Waals surface area contributed by atoms with Crippen molar-refractivity contribution in [3.05, 3.63) is 85.8 Å². The Labute approximate surface area is 214 Å². The summed E-state index contributed by atoms with van der Waals surface area (Å²) in [6, 6.07) is 7.62. The number of rotatable bonds is 11. The van der Waals surface area contributed by atoms with Crippen LogP contribution >= 0.6 is 0 Å². The van der Waals surface area contributed by atoms with Crippen LogP contribution in [0.15, 0.2) is 60.1 Å². The number of hydrogen-bond acceptors (Lipinski definition) is 12. The number of para-hydroxylation sites is 1. The minimum Gasteiger partial charge on any atom is -0.569 e. The maximum atomic E-state index is 12.5. The molecule has 1 saturated heterocycles. The van der Waals surface area contributed by atoms with Crippen LogP contribution in [0.1, 0.15) is 30.1 Å². The summed E-state index contributed by atoms with van der Waals surface area (Å²) in [6.45, 7) is 4.53. The Morgan fingerprint density at radius 3 is 2.50 bits per heavy atom. The highest BCUT2D eigenvalue weighted by atomic mass is 16.7. The van der Waals surface area contributed by atoms with Crippen LogP contribution in [0.2, 0.25) is 0 Å². The van der Waals surface area contributed by atoms with E-state index in [2.05, 4.69) is 11.9 Å². The van der Waals surface area contributed by atoms with E-state index < -0.39 is 51.7 Å². The Morgan fingerprint density at radius 1 is 1.08 bits per heavy atom. The summed E-state index contributed by atoms with van der Waals surface area (Å²) in [4.78, 5) is 49.9. The van der Waals surface area contributed by atoms with Crippen LogP contribution in [0.4, 0.5) is 11.4 Å². The van der Waals surface area contributed by atoms with Gasteiger partial charge in [-0.25, -0.2) is 9.59 Å². The second-order valence-corrected chi connectivity index (χ2v) is 7.73. The first kappa shape index (κ1) is 27.3. The zero-order chi connectivity index (χ0) is 27.8. The van der Waals surface area contributed by atoms with E-state index in [-0.39, 0.29) is 29.2 Å². The minimum atomic E-state index is -1.11. The van der Waals surface area contributed by atoms with Gasteiger partial charge in [-0.2, -0.15) is 0 Å². The highest BCUT2D eigenvalue weighted by Crippen LogP contribution is 2.31. The number of ether oxygens (including phenoxy) is 3. The number of hydrogen-bond donors (Lipinski definition) is 0. The number of nitro groups is 2. The predicted octanol–water partition coefficient (Wildman–Crippen LogP) is 3.41. The minimum absolute atomic E-state index is 0.0733. The Bertz CT molecular complexity index is 1300. The van der Waals surface area contributed by atoms with Crippen LogP contribution in [0, 0.1) is 25.4 Å². The molecular weight excluding hydrogens is 510 g/mol. The zero-order valence-electron chi connectivity index (χ0n) is 19.9. The first-order valence-electron chi connectivity index (χ1n) is 10.9. The van der Waals surface area contributed by atoms with Gasteiger partial charge in [-0.1, -0.05) is 18.7 Å². The molecule has 0 aliphatic carbocycles. The molecule has 3 rings (SSSR count). The summed E-state index contributed by atoms with van der Waals surface area (Å²) in [5.74, 6) is -1.69. The molecule has 1 fully saturated rings. The fourth-order valence-electron chi connectivity index (χ4n) is 3.39. The summed E-state index contributed by atoms with van der Waals surface area (Å²) in [7, 11) is 0. The fraction of sp³-hybridized carbons (Fsp3) is 0.273. The van der Waals surface area contributed by atoms with Gasteiger partial charge < -0.3 is 19.4 Å². The molecule has 200 valence electrons. The Hall–Kier alpha value is -5.28. The molecule has 0 radical (unpaired) electrons. The molecule has 2 aromatic rings. The first-order chi connectivity index (χ1) is 18.1. The quantitative estimate of drug-likeness (QED) is 0.0779. The monoisotopic (exact) mass is 531 g/mol. The van der Waals surface area contributed by atoms with Crippen molar-refractivity contribution in [1.29, 1.82) is 0 Å². The third-order valence-electron chi connectivity index (χ3n) is 5.06. The van der Waals surface area contributed by atoms with E-state index >= 15 is 0 Å². The van der Waals surface area contributed by atoms with Crippen molar-refractivity contribution < 1.29 is 43.5 Å². The molecule has 16 heteroatoms. The summed E-state index contributed by atoms with van der Waals surface area (Å²) < 4.78 is 15.3. The van der Waals surface area contributed by atoms with Crippen molar-refractivity contribution in [2.45, 2.75) is 25.8 Å². The maximum absolute atomic E-state index is 12.5. The van der Waals surface area contributed by atoms with Crippen molar-refractivity contribution >= 4 is 23.3 Å². The second kappa shape index (κ2) is 12.1. The van der Waals surface area contributed by atoms with E-state index in [0.29, 0.717) is 18.2 Å². The Morgan fingerprint density at radius 2 is 1.82 bits per heavy atom. The SMILES string of the molecule is C=C(C)Oc1ccccc1C(=O)OCOC(=O)[C@@H]1CCCN1/[N+]([O-])=N\Oc1ccc([N+](=O)[O-])cc1[N+](=O)[O-]. The van der Waals surface area contributed by atoms with Gasteiger partial charge >= 0.3 is 17.6 Å². The third-order valence-corrected chi connectivity index (χ3v) is 5.06. The molecule has 0 amide bonds. The van der Waals surface area contributed by atoms with E-state index in [4.69, 9.17) is 19.0 Å². The summed E-state index contributed by atoms with van der Waals surface area (Å²) in [5, 5.41) is 38.6. The van der Waals surface area contributed by atoms with Crippen molar-refractivity contribution in [2.24, 2.45) is 5.28 Å². The van der Waals surface area contributed by atoms with Crippen molar-refractivity contribution in [2.75, 3.05) is 13.3 Å². The molecule has 0 spiro atoms. The molecule has 1 atom stereocenters. The lowest BCUT2D eigenvalue weighted by molar-refractivity contribution is -0.708. The van der Waals surface area contributed by atoms with Gasteiger partial charge in [-0.3, -0.25) is 25.1 Å². The van der Waals surface area contributed by atoms with E-state index in [9.17, 15) is 35.0 Å². The van der Waals surface area contributed by atoms with Gasteiger partial charge in [0, 0.05) is 6.07 Å². The van der Waals surface area contributed by atoms with Gasteiger partial charge in [0.2, 0.25) is 17.8 Å². The molecule has 0 unspecified atom stereocenters. The van der Waals surface area contributed by atoms with Crippen LogP contribution < -0.4 is 9.57 Å². The molecular formula is C22H21N5O11. The van der Waals surface area contributed by atoms with Gasteiger partial charge in [-0.15, -0.1) is 5.01 Å². The number of benzene rings is 2. The molecule has 2 aromatic carbocycles. The molecule has 0 N–H and O–H groups in total. The second-order valence-electron chi connectivity index (χ2n) is 7.73. The first-order valence-corrected chi connectivity index (χ1v) is 10.9. The lowest BCUT2D eigenvalue weighted by atomic mass is 10.2. The lowest BCUT2D eigenvalue weighted by Gasteiger charge is -2.18. The molecule has 1 heterocycles. The molecule has 38 heavy (non-hydrogen) atoms. The van der Waals surface area contributed by atoms with Crippen LogP contribution in [-0.4, -0.2) is 51.1 Å². The molecule has 0 bridgehead atoms. The summed E-state index contributed by atoms with van der Waals surface area (Å²) in [6.07, 6.45) is 0.602. The normalized spacial score (nSPS) is 14.9. The van der Waals surface area contributed by atoms with Crippen molar-refractivity contribution in [1.82, 2.24) is 5.01 Å². The standard InChI is InChI=1S/C22H21N5O11/c1-14(2)37-19-8-4-3-6-16(19)21(28)35-13-36-22(29)17-7-5-11-24(17)27(34)23-38-20-10-9-15(25(30)31)12-18(20)26(32)33/h3-4,6,8-10,12,17H,1,5,7,11,13H2,2H3/b27-23+/t17-/m0/s1. The lowest BCUT2D eigenvalue weighted by Crippen LogP contribution is -2.41. The van der Waals surface area contributed by atoms with Gasteiger partial charge in [0.1, 0.15) is 11.3 Å². The topological polar surface area (TPSA) is 199 Å². The van der Waals surface area contributed by atoms with Crippen LogP contribution in [0.25, 0.3) is 0 Å². The number of carbonyl (C=O) groups is 2. The van der Waals surface area contributed by atoms with E-state index in [1.165, 1.54) is 12.1 Å². The predicted molar refractivity (Wildman–Crippen MR) is 124 cm³/mol. The highest BCUT2D eigenvalue weighted by molar-refractivity contribution is 5.92. The average Bonchev–Trinajstić information content (AvgIpc) is 3.37. The van der Waals surface area contributed by atoms with Crippen LogP contribution in [0.3, 0.4) is 0 Å². The number of carbonyl (C=O) groups excluding carboxylic acids is 2. The van der Waals surface area contributed by atoms with Gasteiger partial charge in [0.05, 0.1) is 33.2 Å². The molecule has 1 aliphatic rings. The number of allylic oxidation sites excluding steroid dienone is 1. The largest absolute Gasteiger partial charge is 0.569 e. The van der Waals surface area contributed by atoms with Gasteiger partial charge in [0.15, 0.2) is 6.04 Å². The van der Waals surface area contributed by atoms with Crippen molar-refractivity contribution in [3.63, 3.8) is 0 Å². The fourth-order valence-corrected chi connectivity index (χ4v) is 3.39. The van der Waals surface area contributed by atoms with Gasteiger partial charge in [0.25, 0.3) is 5.69 Å². The van der Waals surface area contributed by atoms with Gasteiger partial charge in [-0.05, 0) is 38.0 Å². The smallest absolute Gasteiger partial charge is 0.344 e. The van der Waals surface area contributed by atoms with Crippen molar-refractivity contribution in [3.8, 4) is 11.5 Å². The van der Waals surface area contributed by atoms with Crippen LogP contribution in [-0.2, 0) is 14.3 Å². The average molecular weight is 531 g/mol. The third kappa shape index (κ3) is 6.68. The molecule has 0 saturated carbocycles.